The minimum atomic E-state index is -0.335. The summed E-state index contributed by atoms with van der Waals surface area (Å²) >= 11 is 1.70. The van der Waals surface area contributed by atoms with Crippen molar-refractivity contribution in [1.29, 1.82) is 0 Å². The van der Waals surface area contributed by atoms with E-state index in [0.717, 1.165) is 31.0 Å². The van der Waals surface area contributed by atoms with E-state index in [4.69, 9.17) is 0 Å². The Labute approximate surface area is 92.7 Å². The Bertz CT molecular complexity index is 266. The molecule has 6 heteroatoms. The molecule has 2 aliphatic rings. The predicted octanol–water partition coefficient (Wildman–Crippen LogP) is -0.956. The molecule has 2 rings (SSSR count). The van der Waals surface area contributed by atoms with Crippen LogP contribution >= 0.6 is 11.8 Å². The fourth-order valence-corrected chi connectivity index (χ4v) is 2.69. The maximum atomic E-state index is 11.7. The van der Waals surface area contributed by atoms with Crippen molar-refractivity contribution in [3.05, 3.63) is 0 Å². The van der Waals surface area contributed by atoms with Gasteiger partial charge in [-0.05, 0) is 12.8 Å². The number of rotatable bonds is 2. The first kappa shape index (κ1) is 10.8. The molecule has 0 aliphatic carbocycles. The second kappa shape index (κ2) is 4.85. The molecule has 5 nitrogen and oxygen atoms in total. The molecule has 0 radical (unpaired) electrons. The lowest BCUT2D eigenvalue weighted by Gasteiger charge is -2.23. The third-order valence-corrected chi connectivity index (χ3v) is 3.57. The van der Waals surface area contributed by atoms with Crippen molar-refractivity contribution in [1.82, 2.24) is 16.0 Å². The van der Waals surface area contributed by atoms with E-state index in [1.165, 1.54) is 0 Å². The Kier molecular flexibility index (Phi) is 3.48. The normalized spacial score (nSPS) is 31.1. The van der Waals surface area contributed by atoms with Crippen molar-refractivity contribution >= 4 is 23.6 Å². The highest BCUT2D eigenvalue weighted by atomic mass is 32.2. The van der Waals surface area contributed by atoms with Crippen LogP contribution in [0.5, 0.6) is 0 Å². The second-order valence-corrected chi connectivity index (χ2v) is 4.80. The molecule has 84 valence electrons. The van der Waals surface area contributed by atoms with Crippen LogP contribution < -0.4 is 16.0 Å². The zero-order valence-electron chi connectivity index (χ0n) is 8.41. The molecule has 2 atom stereocenters. The molecule has 2 amide bonds. The molecule has 1 unspecified atom stereocenters. The molecule has 0 aromatic heterocycles. The summed E-state index contributed by atoms with van der Waals surface area (Å²) in [6.45, 7) is 0.725. The summed E-state index contributed by atoms with van der Waals surface area (Å²) in [5, 5.41) is 8.61. The molecule has 0 spiro atoms. The monoisotopic (exact) mass is 229 g/mol. The van der Waals surface area contributed by atoms with Crippen LogP contribution in [0.1, 0.15) is 12.8 Å². The van der Waals surface area contributed by atoms with Gasteiger partial charge in [-0.15, -0.1) is 11.8 Å². The van der Waals surface area contributed by atoms with Crippen LogP contribution in [0.2, 0.25) is 0 Å². The number of carbonyl (C=O) groups excluding carboxylic acids is 2. The average Bonchev–Trinajstić information content (AvgIpc) is 2.74. The zero-order valence-corrected chi connectivity index (χ0v) is 9.23. The van der Waals surface area contributed by atoms with Crippen LogP contribution in [0.3, 0.4) is 0 Å². The summed E-state index contributed by atoms with van der Waals surface area (Å²) in [5.74, 6) is 1.50. The number of hydrogen-bond donors (Lipinski definition) is 3. The summed E-state index contributed by atoms with van der Waals surface area (Å²) in [4.78, 5) is 23.1. The van der Waals surface area contributed by atoms with E-state index in [1.54, 1.807) is 11.8 Å². The lowest BCUT2D eigenvalue weighted by molar-refractivity contribution is -0.130. The van der Waals surface area contributed by atoms with Gasteiger partial charge in [0.05, 0.1) is 6.04 Å². The third-order valence-electron chi connectivity index (χ3n) is 2.63. The van der Waals surface area contributed by atoms with E-state index in [0.29, 0.717) is 0 Å². The van der Waals surface area contributed by atoms with Crippen LogP contribution in [-0.2, 0) is 9.59 Å². The number of thioether (sulfide) groups is 1. The Hall–Kier alpha value is -0.750. The molecule has 2 heterocycles. The van der Waals surface area contributed by atoms with Crippen molar-refractivity contribution < 1.29 is 9.59 Å². The topological polar surface area (TPSA) is 70.2 Å². The maximum Gasteiger partial charge on any atom is 0.242 e. The van der Waals surface area contributed by atoms with E-state index in [-0.39, 0.29) is 23.9 Å². The van der Waals surface area contributed by atoms with Gasteiger partial charge < -0.3 is 10.6 Å². The minimum Gasteiger partial charge on any atom is -0.354 e. The molecule has 2 aliphatic heterocycles. The Morgan fingerprint density at radius 2 is 2.40 bits per heavy atom. The van der Waals surface area contributed by atoms with Gasteiger partial charge in [0.2, 0.25) is 11.8 Å². The summed E-state index contributed by atoms with van der Waals surface area (Å²) < 4.78 is 0. The Balaban J connectivity index is 1.84. The molecule has 2 saturated heterocycles. The Morgan fingerprint density at radius 3 is 3.07 bits per heavy atom. The molecular formula is C9H15N3O2S. The van der Waals surface area contributed by atoms with Gasteiger partial charge in [0.15, 0.2) is 0 Å². The average molecular weight is 229 g/mol. The highest BCUT2D eigenvalue weighted by Crippen LogP contribution is 2.10. The van der Waals surface area contributed by atoms with Gasteiger partial charge in [-0.3, -0.25) is 14.9 Å². The zero-order chi connectivity index (χ0) is 10.7. The number of nitrogens with one attached hydrogen (secondary N) is 3. The minimum absolute atomic E-state index is 0.0537. The van der Waals surface area contributed by atoms with Crippen molar-refractivity contribution in [2.75, 3.05) is 18.2 Å². The van der Waals surface area contributed by atoms with Crippen molar-refractivity contribution in [3.63, 3.8) is 0 Å². The van der Waals surface area contributed by atoms with E-state index < -0.39 is 0 Å². The van der Waals surface area contributed by atoms with Crippen molar-refractivity contribution in [3.8, 4) is 0 Å². The largest absolute Gasteiger partial charge is 0.354 e. The fraction of sp³-hybridized carbons (Fsp3) is 0.778. The highest BCUT2D eigenvalue weighted by Gasteiger charge is 2.28. The van der Waals surface area contributed by atoms with Crippen LogP contribution in [0.15, 0.2) is 0 Å². The van der Waals surface area contributed by atoms with Gasteiger partial charge in [-0.2, -0.15) is 0 Å². The van der Waals surface area contributed by atoms with E-state index >= 15 is 0 Å². The molecule has 0 bridgehead atoms. The van der Waals surface area contributed by atoms with Gasteiger partial charge >= 0.3 is 0 Å². The van der Waals surface area contributed by atoms with Gasteiger partial charge in [-0.1, -0.05) is 0 Å². The summed E-state index contributed by atoms with van der Waals surface area (Å²) in [6, 6.07) is -0.469. The Morgan fingerprint density at radius 1 is 1.53 bits per heavy atom. The predicted molar refractivity (Wildman–Crippen MR) is 58.4 cm³/mol. The quantitative estimate of drug-likeness (QED) is 0.570. The van der Waals surface area contributed by atoms with Gasteiger partial charge in [0.25, 0.3) is 0 Å². The first-order chi connectivity index (χ1) is 7.27. The summed E-state index contributed by atoms with van der Waals surface area (Å²) in [7, 11) is 0. The van der Waals surface area contributed by atoms with Crippen LogP contribution in [0.25, 0.3) is 0 Å². The number of amides is 2. The van der Waals surface area contributed by atoms with Crippen LogP contribution in [0.4, 0.5) is 0 Å². The first-order valence-electron chi connectivity index (χ1n) is 5.16. The van der Waals surface area contributed by atoms with Crippen molar-refractivity contribution in [2.24, 2.45) is 0 Å². The van der Waals surface area contributed by atoms with Crippen LogP contribution in [0, 0.1) is 0 Å². The molecule has 15 heavy (non-hydrogen) atoms. The summed E-state index contributed by atoms with van der Waals surface area (Å²) in [6.07, 6.45) is 1.68. The molecule has 0 aromatic rings. The smallest absolute Gasteiger partial charge is 0.242 e. The molecule has 0 saturated carbocycles. The number of hydrogen-bond acceptors (Lipinski definition) is 4. The molecule has 2 fully saturated rings. The molecule has 3 N–H and O–H groups in total. The SMILES string of the molecule is O=C1NCCCC1NC(=O)[C@H]1CSCN1. The highest BCUT2D eigenvalue weighted by molar-refractivity contribution is 7.99. The van der Waals surface area contributed by atoms with Gasteiger partial charge in [-0.25, -0.2) is 0 Å². The fourth-order valence-electron chi connectivity index (χ4n) is 1.75. The van der Waals surface area contributed by atoms with E-state index in [1.807, 2.05) is 0 Å². The number of carbonyl (C=O) groups is 2. The summed E-state index contributed by atoms with van der Waals surface area (Å²) in [5.41, 5.74) is 0. The second-order valence-electron chi connectivity index (χ2n) is 3.77. The van der Waals surface area contributed by atoms with Crippen LogP contribution in [-0.4, -0.2) is 42.1 Å². The lowest BCUT2D eigenvalue weighted by Crippen LogP contribution is -2.54. The third kappa shape index (κ3) is 2.63. The molecular weight excluding hydrogens is 214 g/mol. The molecule has 0 aromatic carbocycles. The van der Waals surface area contributed by atoms with Gasteiger partial charge in [0, 0.05) is 18.2 Å². The van der Waals surface area contributed by atoms with Crippen molar-refractivity contribution in [2.45, 2.75) is 24.9 Å². The number of piperidine rings is 1. The lowest BCUT2D eigenvalue weighted by atomic mass is 10.1. The van der Waals surface area contributed by atoms with E-state index in [2.05, 4.69) is 16.0 Å². The maximum absolute atomic E-state index is 11.7. The standard InChI is InChI=1S/C9H15N3O2S/c13-8-6(2-1-3-10-8)12-9(14)7-4-15-5-11-7/h6-7,11H,1-5H2,(H,10,13)(H,12,14)/t6?,7-/m1/s1. The first-order valence-corrected chi connectivity index (χ1v) is 6.32. The van der Waals surface area contributed by atoms with Gasteiger partial charge in [0.1, 0.15) is 6.04 Å². The van der Waals surface area contributed by atoms with E-state index in [9.17, 15) is 9.59 Å².